The smallest absolute Gasteiger partial charge is 0.227 e. The number of halogens is 1. The molecule has 2 heterocycles. The molecule has 0 radical (unpaired) electrons. The van der Waals surface area contributed by atoms with E-state index in [1.54, 1.807) is 0 Å². The molecular weight excluding hydrogens is 264 g/mol. The zero-order valence-corrected chi connectivity index (χ0v) is 12.7. The van der Waals surface area contributed by atoms with Gasteiger partial charge in [0.2, 0.25) is 5.91 Å². The van der Waals surface area contributed by atoms with Crippen molar-refractivity contribution in [1.82, 2.24) is 10.6 Å². The Kier molecular flexibility index (Phi) is 7.11. The largest absolute Gasteiger partial charge is 0.381 e. The molecule has 1 amide bonds. The van der Waals surface area contributed by atoms with Gasteiger partial charge in [-0.25, -0.2) is 0 Å². The van der Waals surface area contributed by atoms with Gasteiger partial charge < -0.3 is 15.4 Å². The Hall–Kier alpha value is -0.320. The summed E-state index contributed by atoms with van der Waals surface area (Å²) in [6.45, 7) is 6.53. The second-order valence-electron chi connectivity index (χ2n) is 5.94. The molecular formula is C14H27ClN2O2. The predicted octanol–water partition coefficient (Wildman–Crippen LogP) is 1.73. The molecule has 0 aliphatic carbocycles. The van der Waals surface area contributed by atoms with Gasteiger partial charge in [0.05, 0.1) is 5.41 Å². The summed E-state index contributed by atoms with van der Waals surface area (Å²) in [7, 11) is 0. The van der Waals surface area contributed by atoms with Crippen molar-refractivity contribution in [1.29, 1.82) is 0 Å². The summed E-state index contributed by atoms with van der Waals surface area (Å²) in [5, 5.41) is 6.44. The average Bonchev–Trinajstić information content (AvgIpc) is 2.41. The van der Waals surface area contributed by atoms with Gasteiger partial charge in [0.25, 0.3) is 0 Å². The third-order valence-corrected chi connectivity index (χ3v) is 4.32. The van der Waals surface area contributed by atoms with Crippen LogP contribution >= 0.6 is 12.4 Å². The first-order valence-electron chi connectivity index (χ1n) is 7.27. The van der Waals surface area contributed by atoms with E-state index in [2.05, 4.69) is 17.6 Å². The quantitative estimate of drug-likeness (QED) is 0.829. The van der Waals surface area contributed by atoms with Crippen molar-refractivity contribution in [2.45, 2.75) is 39.0 Å². The van der Waals surface area contributed by atoms with E-state index in [0.29, 0.717) is 0 Å². The van der Waals surface area contributed by atoms with Crippen molar-refractivity contribution in [2.24, 2.45) is 11.3 Å². The molecule has 1 unspecified atom stereocenters. The van der Waals surface area contributed by atoms with Gasteiger partial charge in [0.15, 0.2) is 0 Å². The lowest BCUT2D eigenvalue weighted by Crippen LogP contribution is -2.49. The molecule has 1 atom stereocenters. The van der Waals surface area contributed by atoms with Crippen molar-refractivity contribution in [3.63, 3.8) is 0 Å². The molecule has 2 saturated heterocycles. The van der Waals surface area contributed by atoms with E-state index in [-0.39, 0.29) is 23.7 Å². The van der Waals surface area contributed by atoms with Crippen LogP contribution in [0.5, 0.6) is 0 Å². The first-order valence-corrected chi connectivity index (χ1v) is 7.27. The second kappa shape index (κ2) is 8.08. The molecule has 0 aromatic rings. The van der Waals surface area contributed by atoms with Crippen LogP contribution in [-0.2, 0) is 9.53 Å². The third kappa shape index (κ3) is 4.93. The van der Waals surface area contributed by atoms with Crippen LogP contribution in [0.1, 0.15) is 39.0 Å². The fourth-order valence-electron chi connectivity index (χ4n) is 2.89. The van der Waals surface area contributed by atoms with Gasteiger partial charge in [-0.15, -0.1) is 12.4 Å². The molecule has 2 fully saturated rings. The maximum atomic E-state index is 12.2. The normalized spacial score (nSPS) is 28.5. The first kappa shape index (κ1) is 16.7. The lowest BCUT2D eigenvalue weighted by molar-refractivity contribution is -0.131. The predicted molar refractivity (Wildman–Crippen MR) is 78.6 cm³/mol. The number of rotatable bonds is 4. The molecule has 0 saturated carbocycles. The first-order chi connectivity index (χ1) is 8.71. The summed E-state index contributed by atoms with van der Waals surface area (Å²) in [5.74, 6) is 0.957. The Morgan fingerprint density at radius 3 is 2.79 bits per heavy atom. The highest BCUT2D eigenvalue weighted by Gasteiger charge is 2.34. The zero-order chi connectivity index (χ0) is 12.8. The van der Waals surface area contributed by atoms with Crippen LogP contribution in [0.25, 0.3) is 0 Å². The highest BCUT2D eigenvalue weighted by Crippen LogP contribution is 2.25. The SMILES string of the molecule is CC1(C(=O)NCCC2CCOCC2)CCCNC1.Cl. The molecule has 4 nitrogen and oxygen atoms in total. The minimum Gasteiger partial charge on any atom is -0.381 e. The number of ether oxygens (including phenoxy) is 1. The maximum Gasteiger partial charge on any atom is 0.227 e. The number of hydrogen-bond acceptors (Lipinski definition) is 3. The number of carbonyl (C=O) groups excluding carboxylic acids is 1. The molecule has 19 heavy (non-hydrogen) atoms. The Bertz CT molecular complexity index is 275. The fourth-order valence-corrected chi connectivity index (χ4v) is 2.89. The van der Waals surface area contributed by atoms with E-state index in [0.717, 1.165) is 70.9 Å². The number of amides is 1. The molecule has 2 aliphatic heterocycles. The van der Waals surface area contributed by atoms with Crippen molar-refractivity contribution >= 4 is 18.3 Å². The summed E-state index contributed by atoms with van der Waals surface area (Å²) < 4.78 is 5.34. The Labute approximate surface area is 122 Å². The van der Waals surface area contributed by atoms with Crippen molar-refractivity contribution in [2.75, 3.05) is 32.8 Å². The molecule has 0 aromatic heterocycles. The second-order valence-corrected chi connectivity index (χ2v) is 5.94. The minimum absolute atomic E-state index is 0. The lowest BCUT2D eigenvalue weighted by Gasteiger charge is -2.33. The number of hydrogen-bond donors (Lipinski definition) is 2. The summed E-state index contributed by atoms with van der Waals surface area (Å²) in [5.41, 5.74) is -0.200. The molecule has 2 N–H and O–H groups in total. The maximum absolute atomic E-state index is 12.2. The fraction of sp³-hybridized carbons (Fsp3) is 0.929. The van der Waals surface area contributed by atoms with Gasteiger partial charge in [-0.05, 0) is 51.5 Å². The molecule has 0 aromatic carbocycles. The Balaban J connectivity index is 0.00000180. The highest BCUT2D eigenvalue weighted by molar-refractivity contribution is 5.85. The topological polar surface area (TPSA) is 50.4 Å². The van der Waals surface area contributed by atoms with Crippen molar-refractivity contribution in [3.05, 3.63) is 0 Å². The van der Waals surface area contributed by atoms with Crippen molar-refractivity contribution < 1.29 is 9.53 Å². The molecule has 0 spiro atoms. The standard InChI is InChI=1S/C14H26N2O2.ClH/c1-14(6-2-7-15-11-14)13(17)16-8-3-12-4-9-18-10-5-12;/h12,15H,2-11H2,1H3,(H,16,17);1H. The number of nitrogens with one attached hydrogen (secondary N) is 2. The van der Waals surface area contributed by atoms with Crippen LogP contribution in [0, 0.1) is 11.3 Å². The van der Waals surface area contributed by atoms with E-state index in [1.165, 1.54) is 0 Å². The monoisotopic (exact) mass is 290 g/mol. The molecule has 2 rings (SSSR count). The number of carbonyl (C=O) groups is 1. The van der Waals surface area contributed by atoms with Crippen LogP contribution in [-0.4, -0.2) is 38.8 Å². The van der Waals surface area contributed by atoms with Gasteiger partial charge in [-0.3, -0.25) is 4.79 Å². The number of piperidine rings is 1. The lowest BCUT2D eigenvalue weighted by atomic mass is 9.82. The molecule has 2 aliphatic rings. The summed E-state index contributed by atoms with van der Waals surface area (Å²) in [6, 6.07) is 0. The van der Waals surface area contributed by atoms with Gasteiger partial charge in [-0.1, -0.05) is 0 Å². The van der Waals surface area contributed by atoms with Crippen LogP contribution in [0.3, 0.4) is 0 Å². The summed E-state index contributed by atoms with van der Waals surface area (Å²) in [4.78, 5) is 12.2. The zero-order valence-electron chi connectivity index (χ0n) is 11.9. The van der Waals surface area contributed by atoms with E-state index >= 15 is 0 Å². The van der Waals surface area contributed by atoms with Crippen LogP contribution in [0.2, 0.25) is 0 Å². The van der Waals surface area contributed by atoms with E-state index in [9.17, 15) is 4.79 Å². The van der Waals surface area contributed by atoms with E-state index in [1.807, 2.05) is 0 Å². The van der Waals surface area contributed by atoms with Gasteiger partial charge in [0, 0.05) is 26.3 Å². The molecule has 5 heteroatoms. The van der Waals surface area contributed by atoms with Crippen LogP contribution in [0.4, 0.5) is 0 Å². The minimum atomic E-state index is -0.200. The van der Waals surface area contributed by atoms with Gasteiger partial charge >= 0.3 is 0 Å². The van der Waals surface area contributed by atoms with Crippen molar-refractivity contribution in [3.8, 4) is 0 Å². The van der Waals surface area contributed by atoms with E-state index < -0.39 is 0 Å². The molecule has 112 valence electrons. The van der Waals surface area contributed by atoms with E-state index in [4.69, 9.17) is 4.74 Å². The van der Waals surface area contributed by atoms with Crippen LogP contribution < -0.4 is 10.6 Å². The highest BCUT2D eigenvalue weighted by atomic mass is 35.5. The Morgan fingerprint density at radius 2 is 2.16 bits per heavy atom. The molecule has 0 bridgehead atoms. The average molecular weight is 291 g/mol. The Morgan fingerprint density at radius 1 is 1.42 bits per heavy atom. The van der Waals surface area contributed by atoms with Gasteiger partial charge in [-0.2, -0.15) is 0 Å². The van der Waals surface area contributed by atoms with Crippen LogP contribution in [0.15, 0.2) is 0 Å². The third-order valence-electron chi connectivity index (χ3n) is 4.32. The summed E-state index contributed by atoms with van der Waals surface area (Å²) in [6.07, 6.45) is 5.50. The summed E-state index contributed by atoms with van der Waals surface area (Å²) >= 11 is 0. The van der Waals surface area contributed by atoms with Gasteiger partial charge in [0.1, 0.15) is 0 Å².